The number of hydrogen-bond acceptors (Lipinski definition) is 5. The van der Waals surface area contributed by atoms with Crippen molar-refractivity contribution >= 4 is 28.8 Å². The fourth-order valence-electron chi connectivity index (χ4n) is 3.05. The average Bonchev–Trinajstić information content (AvgIpc) is 3.17. The smallest absolute Gasteiger partial charge is 0.266 e. The summed E-state index contributed by atoms with van der Waals surface area (Å²) in [6.45, 7) is 2.46. The van der Waals surface area contributed by atoms with Crippen molar-refractivity contribution in [3.63, 3.8) is 0 Å². The summed E-state index contributed by atoms with van der Waals surface area (Å²) in [5.74, 6) is -0.230. The summed E-state index contributed by atoms with van der Waals surface area (Å²) in [4.78, 5) is 30.1. The zero-order valence-electron chi connectivity index (χ0n) is 16.7. The predicted molar refractivity (Wildman–Crippen MR) is 124 cm³/mol. The number of amides is 1. The minimum atomic E-state index is -0.230. The number of aromatic nitrogens is 3. The van der Waals surface area contributed by atoms with Gasteiger partial charge < -0.3 is 5.32 Å². The maximum Gasteiger partial charge on any atom is 0.266 e. The molecule has 0 atom stereocenters. The van der Waals surface area contributed by atoms with E-state index in [0.29, 0.717) is 16.3 Å². The zero-order valence-corrected chi connectivity index (χ0v) is 18.3. The Morgan fingerprint density at radius 1 is 1.06 bits per heavy atom. The van der Waals surface area contributed by atoms with Crippen LogP contribution in [0.3, 0.4) is 0 Å². The predicted octanol–water partition coefficient (Wildman–Crippen LogP) is 4.43. The molecule has 156 valence electrons. The van der Waals surface area contributed by atoms with Gasteiger partial charge in [0.2, 0.25) is 0 Å². The normalized spacial score (nSPS) is 10.8. The second-order valence-corrected chi connectivity index (χ2v) is 8.28. The molecule has 2 aromatic carbocycles. The Morgan fingerprint density at radius 2 is 1.81 bits per heavy atom. The molecule has 0 spiro atoms. The van der Waals surface area contributed by atoms with Crippen molar-refractivity contribution in [2.24, 2.45) is 0 Å². The molecule has 0 fully saturated rings. The van der Waals surface area contributed by atoms with Gasteiger partial charge in [-0.3, -0.25) is 9.59 Å². The highest BCUT2D eigenvalue weighted by atomic mass is 35.5. The molecule has 8 heteroatoms. The van der Waals surface area contributed by atoms with Crippen LogP contribution in [0.2, 0.25) is 5.02 Å². The highest BCUT2D eigenvalue weighted by molar-refractivity contribution is 7.18. The van der Waals surface area contributed by atoms with Gasteiger partial charge in [-0.2, -0.15) is 5.10 Å². The summed E-state index contributed by atoms with van der Waals surface area (Å²) in [6.07, 6.45) is 0. The standard InChI is InChI=1S/C23H19ClN4O2S/c1-15-21(31-23(26-15)17-5-3-2-4-6-17)19-11-12-20(29)28(27-19)14-13-25-22(30)16-7-9-18(24)10-8-16/h2-12H,13-14H2,1H3,(H,25,30). The highest BCUT2D eigenvalue weighted by Gasteiger charge is 2.14. The third-order valence-corrected chi connectivity index (χ3v) is 6.11. The molecule has 0 unspecified atom stereocenters. The molecular formula is C23H19ClN4O2S. The van der Waals surface area contributed by atoms with Crippen LogP contribution in [-0.4, -0.2) is 27.2 Å². The Morgan fingerprint density at radius 3 is 2.55 bits per heavy atom. The van der Waals surface area contributed by atoms with Crippen molar-refractivity contribution < 1.29 is 4.79 Å². The fourth-order valence-corrected chi connectivity index (χ4v) is 4.21. The van der Waals surface area contributed by atoms with Crippen LogP contribution in [0.1, 0.15) is 16.1 Å². The summed E-state index contributed by atoms with van der Waals surface area (Å²) in [7, 11) is 0. The minimum Gasteiger partial charge on any atom is -0.350 e. The van der Waals surface area contributed by atoms with Gasteiger partial charge in [0, 0.05) is 28.8 Å². The molecule has 4 aromatic rings. The number of hydrogen-bond donors (Lipinski definition) is 1. The summed E-state index contributed by atoms with van der Waals surface area (Å²) < 4.78 is 1.36. The third-order valence-electron chi connectivity index (χ3n) is 4.63. The molecule has 0 aliphatic heterocycles. The van der Waals surface area contributed by atoms with Gasteiger partial charge in [-0.1, -0.05) is 41.9 Å². The first-order valence-electron chi connectivity index (χ1n) is 9.66. The molecule has 1 N–H and O–H groups in total. The first kappa shape index (κ1) is 21.0. The van der Waals surface area contributed by atoms with Crippen molar-refractivity contribution in [1.29, 1.82) is 0 Å². The molecule has 2 aromatic heterocycles. The van der Waals surface area contributed by atoms with Crippen molar-refractivity contribution in [2.75, 3.05) is 6.54 Å². The van der Waals surface area contributed by atoms with Crippen LogP contribution in [0.4, 0.5) is 0 Å². The van der Waals surface area contributed by atoms with Gasteiger partial charge in [-0.25, -0.2) is 9.67 Å². The fraction of sp³-hybridized carbons (Fsp3) is 0.130. The monoisotopic (exact) mass is 450 g/mol. The van der Waals surface area contributed by atoms with Crippen molar-refractivity contribution in [1.82, 2.24) is 20.1 Å². The number of nitrogens with one attached hydrogen (secondary N) is 1. The average molecular weight is 451 g/mol. The second kappa shape index (κ2) is 9.24. The van der Waals surface area contributed by atoms with Crippen molar-refractivity contribution in [3.8, 4) is 21.1 Å². The van der Waals surface area contributed by atoms with Gasteiger partial charge in [-0.05, 0) is 37.3 Å². The molecule has 0 aliphatic carbocycles. The Balaban J connectivity index is 1.49. The molecule has 0 aliphatic rings. The second-order valence-electron chi connectivity index (χ2n) is 6.84. The van der Waals surface area contributed by atoms with Gasteiger partial charge in [0.15, 0.2) is 0 Å². The van der Waals surface area contributed by atoms with E-state index < -0.39 is 0 Å². The van der Waals surface area contributed by atoms with Crippen LogP contribution in [0.15, 0.2) is 71.5 Å². The Labute approximate surface area is 188 Å². The van der Waals surface area contributed by atoms with E-state index in [1.165, 1.54) is 22.1 Å². The molecule has 6 nitrogen and oxygen atoms in total. The maximum atomic E-state index is 12.3. The van der Waals surface area contributed by atoms with Gasteiger partial charge in [0.1, 0.15) is 10.7 Å². The molecule has 4 rings (SSSR count). The summed E-state index contributed by atoms with van der Waals surface area (Å²) in [5.41, 5.74) is 2.86. The first-order chi connectivity index (χ1) is 15.0. The highest BCUT2D eigenvalue weighted by Crippen LogP contribution is 2.33. The molecule has 0 radical (unpaired) electrons. The lowest BCUT2D eigenvalue weighted by molar-refractivity contribution is 0.0952. The molecule has 31 heavy (non-hydrogen) atoms. The van der Waals surface area contributed by atoms with E-state index >= 15 is 0 Å². The number of carbonyl (C=O) groups excluding carboxylic acids is 1. The van der Waals surface area contributed by atoms with E-state index in [9.17, 15) is 9.59 Å². The first-order valence-corrected chi connectivity index (χ1v) is 10.9. The van der Waals surface area contributed by atoms with E-state index in [0.717, 1.165) is 21.1 Å². The SMILES string of the molecule is Cc1nc(-c2ccccc2)sc1-c1ccc(=O)n(CCNC(=O)c2ccc(Cl)cc2)n1. The number of benzene rings is 2. The van der Waals surface area contributed by atoms with Crippen LogP contribution in [-0.2, 0) is 6.54 Å². The van der Waals surface area contributed by atoms with E-state index in [1.54, 1.807) is 30.3 Å². The minimum absolute atomic E-state index is 0.227. The molecular weight excluding hydrogens is 432 g/mol. The van der Waals surface area contributed by atoms with Crippen LogP contribution in [0.5, 0.6) is 0 Å². The Bertz CT molecular complexity index is 1270. The van der Waals surface area contributed by atoms with E-state index in [2.05, 4.69) is 15.4 Å². The Hall–Kier alpha value is -3.29. The van der Waals surface area contributed by atoms with Gasteiger partial charge in [0.05, 0.1) is 17.1 Å². The lowest BCUT2D eigenvalue weighted by atomic mass is 10.2. The lowest BCUT2D eigenvalue weighted by Crippen LogP contribution is -2.31. The quantitative estimate of drug-likeness (QED) is 0.471. The summed E-state index contributed by atoms with van der Waals surface area (Å²) in [6, 6.07) is 19.8. The maximum absolute atomic E-state index is 12.3. The lowest BCUT2D eigenvalue weighted by Gasteiger charge is -2.08. The molecule has 1 amide bonds. The van der Waals surface area contributed by atoms with Gasteiger partial charge in [-0.15, -0.1) is 11.3 Å². The molecule has 2 heterocycles. The van der Waals surface area contributed by atoms with E-state index in [4.69, 9.17) is 11.6 Å². The third kappa shape index (κ3) is 4.90. The van der Waals surface area contributed by atoms with Crippen molar-refractivity contribution in [2.45, 2.75) is 13.5 Å². The number of carbonyl (C=O) groups is 1. The van der Waals surface area contributed by atoms with E-state index in [1.807, 2.05) is 37.3 Å². The molecule has 0 saturated carbocycles. The number of nitrogens with zero attached hydrogens (tertiary/aromatic N) is 3. The van der Waals surface area contributed by atoms with Gasteiger partial charge in [0.25, 0.3) is 11.5 Å². The van der Waals surface area contributed by atoms with Crippen LogP contribution < -0.4 is 10.9 Å². The van der Waals surface area contributed by atoms with Crippen molar-refractivity contribution in [3.05, 3.63) is 93.4 Å². The number of rotatable bonds is 6. The topological polar surface area (TPSA) is 76.9 Å². The summed E-state index contributed by atoms with van der Waals surface area (Å²) >= 11 is 7.39. The Kier molecular flexibility index (Phi) is 6.25. The molecule has 0 bridgehead atoms. The number of thiazole rings is 1. The number of halogens is 1. The largest absolute Gasteiger partial charge is 0.350 e. The van der Waals surface area contributed by atoms with E-state index in [-0.39, 0.29) is 24.6 Å². The van der Waals surface area contributed by atoms with Crippen LogP contribution >= 0.6 is 22.9 Å². The number of aryl methyl sites for hydroxylation is 1. The zero-order chi connectivity index (χ0) is 21.8. The summed E-state index contributed by atoms with van der Waals surface area (Å²) in [5, 5.41) is 8.77. The van der Waals surface area contributed by atoms with Crippen LogP contribution in [0.25, 0.3) is 21.1 Å². The molecule has 0 saturated heterocycles. The van der Waals surface area contributed by atoms with Crippen LogP contribution in [0, 0.1) is 6.92 Å². The van der Waals surface area contributed by atoms with Gasteiger partial charge >= 0.3 is 0 Å².